The number of hydrogen-bond donors (Lipinski definition) is 1. The second-order valence-electron chi connectivity index (χ2n) is 2.29. The van der Waals surface area contributed by atoms with Gasteiger partial charge in [0.2, 0.25) is 0 Å². The molecule has 0 aliphatic carbocycles. The summed E-state index contributed by atoms with van der Waals surface area (Å²) in [5, 5.41) is 0. The van der Waals surface area contributed by atoms with Gasteiger partial charge >= 0.3 is 5.97 Å². The molecule has 1 unspecified atom stereocenters. The first-order valence-corrected chi connectivity index (χ1v) is 3.49. The van der Waals surface area contributed by atoms with E-state index in [0.29, 0.717) is 5.56 Å². The van der Waals surface area contributed by atoms with Crippen molar-refractivity contribution in [3.8, 4) is 0 Å². The van der Waals surface area contributed by atoms with Gasteiger partial charge in [0.1, 0.15) is 6.04 Å². The molecule has 1 rings (SSSR count). The fourth-order valence-corrected chi connectivity index (χ4v) is 0.823. The highest BCUT2D eigenvalue weighted by molar-refractivity contribution is 5.85. The van der Waals surface area contributed by atoms with Gasteiger partial charge in [-0.1, -0.05) is 6.07 Å². The Morgan fingerprint density at radius 2 is 2.38 bits per heavy atom. The molecule has 5 heteroatoms. The first kappa shape index (κ1) is 11.9. The van der Waals surface area contributed by atoms with Crippen LogP contribution in [0.5, 0.6) is 0 Å². The van der Waals surface area contributed by atoms with E-state index in [9.17, 15) is 4.79 Å². The molecule has 1 aromatic heterocycles. The van der Waals surface area contributed by atoms with Crippen molar-refractivity contribution in [1.82, 2.24) is 4.98 Å². The molecular weight excluding hydrogens is 192 g/mol. The third-order valence-electron chi connectivity index (χ3n) is 1.50. The van der Waals surface area contributed by atoms with Crippen molar-refractivity contribution in [2.24, 2.45) is 5.73 Å². The van der Waals surface area contributed by atoms with E-state index >= 15 is 0 Å². The molecule has 0 saturated heterocycles. The van der Waals surface area contributed by atoms with E-state index in [4.69, 9.17) is 5.73 Å². The van der Waals surface area contributed by atoms with Crippen molar-refractivity contribution in [1.29, 1.82) is 0 Å². The van der Waals surface area contributed by atoms with E-state index in [1.54, 1.807) is 24.5 Å². The van der Waals surface area contributed by atoms with Gasteiger partial charge in [0.15, 0.2) is 0 Å². The Morgan fingerprint density at radius 1 is 1.69 bits per heavy atom. The van der Waals surface area contributed by atoms with Crippen LogP contribution in [0.2, 0.25) is 0 Å². The number of esters is 1. The highest BCUT2D eigenvalue weighted by Crippen LogP contribution is 2.08. The molecular formula is C8H11ClN2O2. The summed E-state index contributed by atoms with van der Waals surface area (Å²) in [6.45, 7) is 0. The molecule has 0 aliphatic heterocycles. The largest absolute Gasteiger partial charge is 0.468 e. The van der Waals surface area contributed by atoms with Crippen LogP contribution in [-0.2, 0) is 9.53 Å². The summed E-state index contributed by atoms with van der Waals surface area (Å²) in [6.07, 6.45) is 3.16. The summed E-state index contributed by atoms with van der Waals surface area (Å²) in [4.78, 5) is 14.8. The minimum absolute atomic E-state index is 0. The average Bonchev–Trinajstić information content (AvgIpc) is 2.17. The summed E-state index contributed by atoms with van der Waals surface area (Å²) in [5.41, 5.74) is 6.19. The third-order valence-corrected chi connectivity index (χ3v) is 1.50. The Kier molecular flexibility index (Phi) is 5.03. The Balaban J connectivity index is 0.00000144. The summed E-state index contributed by atoms with van der Waals surface area (Å²) >= 11 is 0. The molecule has 0 aliphatic rings. The number of pyridine rings is 1. The topological polar surface area (TPSA) is 65.2 Å². The highest BCUT2D eigenvalue weighted by Gasteiger charge is 2.15. The number of halogens is 1. The molecule has 0 saturated carbocycles. The number of hydrogen-bond acceptors (Lipinski definition) is 4. The monoisotopic (exact) mass is 202 g/mol. The normalized spacial score (nSPS) is 11.2. The zero-order valence-corrected chi connectivity index (χ0v) is 7.95. The number of ether oxygens (including phenoxy) is 1. The number of methoxy groups -OCH3 is 1. The lowest BCUT2D eigenvalue weighted by Crippen LogP contribution is -2.22. The van der Waals surface area contributed by atoms with Crippen LogP contribution >= 0.6 is 12.4 Å². The van der Waals surface area contributed by atoms with Gasteiger partial charge in [0.25, 0.3) is 0 Å². The van der Waals surface area contributed by atoms with E-state index < -0.39 is 12.0 Å². The van der Waals surface area contributed by atoms with E-state index in [-0.39, 0.29) is 12.4 Å². The summed E-state index contributed by atoms with van der Waals surface area (Å²) in [5.74, 6) is -0.456. The maximum absolute atomic E-state index is 10.9. The molecule has 0 aromatic carbocycles. The number of carbonyl (C=O) groups excluding carboxylic acids is 1. The lowest BCUT2D eigenvalue weighted by atomic mass is 10.1. The van der Waals surface area contributed by atoms with Crippen LogP contribution in [0.15, 0.2) is 24.5 Å². The first-order valence-electron chi connectivity index (χ1n) is 3.49. The van der Waals surface area contributed by atoms with Gasteiger partial charge in [-0.3, -0.25) is 9.78 Å². The Hall–Kier alpha value is -1.13. The zero-order valence-electron chi connectivity index (χ0n) is 7.14. The predicted octanol–water partition coefficient (Wildman–Crippen LogP) is 0.676. The van der Waals surface area contributed by atoms with Crippen molar-refractivity contribution in [2.75, 3.05) is 7.11 Å². The SMILES string of the molecule is COC(=O)C(N)c1cccnc1.Cl. The van der Waals surface area contributed by atoms with Crippen LogP contribution in [0.3, 0.4) is 0 Å². The molecule has 0 bridgehead atoms. The zero-order chi connectivity index (χ0) is 8.97. The van der Waals surface area contributed by atoms with Gasteiger partial charge < -0.3 is 10.5 Å². The molecule has 2 N–H and O–H groups in total. The molecule has 0 spiro atoms. The fraction of sp³-hybridized carbons (Fsp3) is 0.250. The lowest BCUT2D eigenvalue weighted by Gasteiger charge is -2.07. The summed E-state index contributed by atoms with van der Waals surface area (Å²) in [7, 11) is 1.30. The maximum Gasteiger partial charge on any atom is 0.327 e. The first-order chi connectivity index (χ1) is 5.75. The van der Waals surface area contributed by atoms with Gasteiger partial charge in [0.05, 0.1) is 7.11 Å². The van der Waals surface area contributed by atoms with Crippen LogP contribution in [-0.4, -0.2) is 18.1 Å². The van der Waals surface area contributed by atoms with Crippen LogP contribution in [0.25, 0.3) is 0 Å². The number of carbonyl (C=O) groups is 1. The second kappa shape index (κ2) is 5.50. The molecule has 72 valence electrons. The Morgan fingerprint density at radius 3 is 2.85 bits per heavy atom. The average molecular weight is 203 g/mol. The number of rotatable bonds is 2. The van der Waals surface area contributed by atoms with Gasteiger partial charge in [-0.05, 0) is 11.6 Å². The smallest absolute Gasteiger partial charge is 0.327 e. The molecule has 1 aromatic rings. The van der Waals surface area contributed by atoms with Crippen molar-refractivity contribution in [2.45, 2.75) is 6.04 Å². The van der Waals surface area contributed by atoms with Crippen molar-refractivity contribution >= 4 is 18.4 Å². The van der Waals surface area contributed by atoms with Crippen LogP contribution in [0.4, 0.5) is 0 Å². The number of nitrogens with zero attached hydrogens (tertiary/aromatic N) is 1. The van der Waals surface area contributed by atoms with Gasteiger partial charge in [0, 0.05) is 12.4 Å². The maximum atomic E-state index is 10.9. The van der Waals surface area contributed by atoms with Gasteiger partial charge in [-0.2, -0.15) is 0 Å². The van der Waals surface area contributed by atoms with E-state index in [1.807, 2.05) is 0 Å². The minimum atomic E-state index is -0.733. The highest BCUT2D eigenvalue weighted by atomic mass is 35.5. The van der Waals surface area contributed by atoms with Crippen molar-refractivity contribution in [3.63, 3.8) is 0 Å². The quantitative estimate of drug-likeness (QED) is 0.717. The van der Waals surface area contributed by atoms with E-state index in [2.05, 4.69) is 9.72 Å². The van der Waals surface area contributed by atoms with Gasteiger partial charge in [-0.25, -0.2) is 0 Å². The standard InChI is InChI=1S/C8H10N2O2.ClH/c1-12-8(11)7(9)6-3-2-4-10-5-6;/h2-5,7H,9H2,1H3;1H. The number of nitrogens with two attached hydrogens (primary N) is 1. The number of aromatic nitrogens is 1. The summed E-state index contributed by atoms with van der Waals surface area (Å²) in [6, 6.07) is 2.72. The van der Waals surface area contributed by atoms with Gasteiger partial charge in [-0.15, -0.1) is 12.4 Å². The molecule has 13 heavy (non-hydrogen) atoms. The predicted molar refractivity (Wildman–Crippen MR) is 50.4 cm³/mol. The van der Waals surface area contributed by atoms with Crippen molar-refractivity contribution < 1.29 is 9.53 Å². The molecule has 1 atom stereocenters. The van der Waals surface area contributed by atoms with Crippen LogP contribution in [0, 0.1) is 0 Å². The van der Waals surface area contributed by atoms with Crippen molar-refractivity contribution in [3.05, 3.63) is 30.1 Å². The molecule has 4 nitrogen and oxygen atoms in total. The minimum Gasteiger partial charge on any atom is -0.468 e. The van der Waals surface area contributed by atoms with E-state index in [1.165, 1.54) is 7.11 Å². The fourth-order valence-electron chi connectivity index (χ4n) is 0.823. The van der Waals surface area contributed by atoms with Crippen LogP contribution < -0.4 is 5.73 Å². The molecule has 0 radical (unpaired) electrons. The Labute approximate surface area is 82.5 Å². The third kappa shape index (κ3) is 3.01. The summed E-state index contributed by atoms with van der Waals surface area (Å²) < 4.78 is 4.47. The second-order valence-corrected chi connectivity index (χ2v) is 2.29. The lowest BCUT2D eigenvalue weighted by molar-refractivity contribution is -0.142. The molecule has 0 fully saturated rings. The molecule has 1 heterocycles. The van der Waals surface area contributed by atoms with E-state index in [0.717, 1.165) is 0 Å². The van der Waals surface area contributed by atoms with Crippen LogP contribution in [0.1, 0.15) is 11.6 Å². The Bertz CT molecular complexity index is 266. The molecule has 0 amide bonds.